The quantitative estimate of drug-likeness (QED) is 0.908. The summed E-state index contributed by atoms with van der Waals surface area (Å²) >= 11 is 0. The predicted molar refractivity (Wildman–Crippen MR) is 87.8 cm³/mol. The molecule has 0 atom stereocenters. The van der Waals surface area contributed by atoms with Gasteiger partial charge in [0.15, 0.2) is 0 Å². The minimum absolute atomic E-state index is 0.0926. The van der Waals surface area contributed by atoms with Gasteiger partial charge in [-0.05, 0) is 37.1 Å². The summed E-state index contributed by atoms with van der Waals surface area (Å²) in [6.45, 7) is 5.81. The SMILES string of the molecule is O=C(C1CCN(Cc2ccc(CO)cc2)CC1)N1CCOCC1. The molecule has 2 aliphatic rings. The molecule has 0 bridgehead atoms. The molecule has 5 heteroatoms. The molecule has 1 aromatic carbocycles. The van der Waals surface area contributed by atoms with E-state index < -0.39 is 0 Å². The van der Waals surface area contributed by atoms with Crippen LogP contribution in [0.25, 0.3) is 0 Å². The summed E-state index contributed by atoms with van der Waals surface area (Å²) < 4.78 is 5.32. The van der Waals surface area contributed by atoms with E-state index >= 15 is 0 Å². The monoisotopic (exact) mass is 318 g/mol. The number of piperidine rings is 1. The van der Waals surface area contributed by atoms with E-state index in [4.69, 9.17) is 9.84 Å². The number of morpholine rings is 1. The molecular weight excluding hydrogens is 292 g/mol. The second-order valence-corrected chi connectivity index (χ2v) is 6.46. The summed E-state index contributed by atoms with van der Waals surface area (Å²) in [5.74, 6) is 0.501. The maximum Gasteiger partial charge on any atom is 0.225 e. The van der Waals surface area contributed by atoms with E-state index in [-0.39, 0.29) is 12.5 Å². The Labute approximate surface area is 137 Å². The highest BCUT2D eigenvalue weighted by Gasteiger charge is 2.29. The van der Waals surface area contributed by atoms with Gasteiger partial charge in [0.1, 0.15) is 0 Å². The number of nitrogens with zero attached hydrogens (tertiary/aromatic N) is 2. The highest BCUT2D eigenvalue weighted by atomic mass is 16.5. The lowest BCUT2D eigenvalue weighted by molar-refractivity contribution is -0.141. The Hall–Kier alpha value is -1.43. The molecule has 0 unspecified atom stereocenters. The number of hydrogen-bond acceptors (Lipinski definition) is 4. The van der Waals surface area contributed by atoms with Gasteiger partial charge < -0.3 is 14.7 Å². The van der Waals surface area contributed by atoms with Crippen LogP contribution in [0.3, 0.4) is 0 Å². The fraction of sp³-hybridized carbons (Fsp3) is 0.611. The summed E-state index contributed by atoms with van der Waals surface area (Å²) in [5.41, 5.74) is 2.21. The molecular formula is C18H26N2O3. The van der Waals surface area contributed by atoms with Gasteiger partial charge in [-0.1, -0.05) is 24.3 Å². The third-order valence-electron chi connectivity index (χ3n) is 4.87. The number of aliphatic hydroxyl groups excluding tert-OH is 1. The van der Waals surface area contributed by atoms with Crippen molar-refractivity contribution in [2.75, 3.05) is 39.4 Å². The van der Waals surface area contributed by atoms with Gasteiger partial charge in [0.25, 0.3) is 0 Å². The van der Waals surface area contributed by atoms with Crippen molar-refractivity contribution < 1.29 is 14.6 Å². The Morgan fingerprint density at radius 2 is 1.65 bits per heavy atom. The number of ether oxygens (including phenoxy) is 1. The first-order chi connectivity index (χ1) is 11.3. The third-order valence-corrected chi connectivity index (χ3v) is 4.87. The lowest BCUT2D eigenvalue weighted by Gasteiger charge is -2.35. The van der Waals surface area contributed by atoms with Gasteiger partial charge in [-0.25, -0.2) is 0 Å². The molecule has 0 aliphatic carbocycles. The van der Waals surface area contributed by atoms with Crippen molar-refractivity contribution in [1.82, 2.24) is 9.80 Å². The molecule has 2 fully saturated rings. The Balaban J connectivity index is 1.46. The van der Waals surface area contributed by atoms with Crippen LogP contribution in [0, 0.1) is 5.92 Å². The van der Waals surface area contributed by atoms with Gasteiger partial charge in [-0.15, -0.1) is 0 Å². The predicted octanol–water partition coefficient (Wildman–Crippen LogP) is 1.25. The maximum absolute atomic E-state index is 12.5. The van der Waals surface area contributed by atoms with Gasteiger partial charge in [0.05, 0.1) is 19.8 Å². The highest BCUT2D eigenvalue weighted by molar-refractivity contribution is 5.79. The van der Waals surface area contributed by atoms with Gasteiger partial charge in [0.2, 0.25) is 5.91 Å². The normalized spacial score (nSPS) is 20.7. The van der Waals surface area contributed by atoms with Gasteiger partial charge in [-0.3, -0.25) is 9.69 Å². The second kappa shape index (κ2) is 7.90. The van der Waals surface area contributed by atoms with E-state index in [1.54, 1.807) is 0 Å². The average molecular weight is 318 g/mol. The van der Waals surface area contributed by atoms with Crippen LogP contribution in [-0.4, -0.2) is 60.2 Å². The number of hydrogen-bond donors (Lipinski definition) is 1. The van der Waals surface area contributed by atoms with Crippen LogP contribution >= 0.6 is 0 Å². The van der Waals surface area contributed by atoms with Crippen molar-refractivity contribution in [3.63, 3.8) is 0 Å². The van der Waals surface area contributed by atoms with Crippen LogP contribution < -0.4 is 0 Å². The van der Waals surface area contributed by atoms with Crippen LogP contribution in [0.4, 0.5) is 0 Å². The molecule has 0 aromatic heterocycles. The molecule has 2 saturated heterocycles. The van der Waals surface area contributed by atoms with Gasteiger partial charge in [0, 0.05) is 25.6 Å². The standard InChI is InChI=1S/C18H26N2O3/c21-14-16-3-1-15(2-4-16)13-19-7-5-17(6-8-19)18(22)20-9-11-23-12-10-20/h1-4,17,21H,5-14H2. The second-order valence-electron chi connectivity index (χ2n) is 6.46. The minimum Gasteiger partial charge on any atom is -0.392 e. The van der Waals surface area contributed by atoms with Crippen molar-refractivity contribution in [2.24, 2.45) is 5.92 Å². The topological polar surface area (TPSA) is 53.0 Å². The zero-order chi connectivity index (χ0) is 16.1. The molecule has 126 valence electrons. The van der Waals surface area contributed by atoms with Crippen LogP contribution in [0.2, 0.25) is 0 Å². The van der Waals surface area contributed by atoms with Gasteiger partial charge in [-0.2, -0.15) is 0 Å². The van der Waals surface area contributed by atoms with Crippen molar-refractivity contribution in [3.05, 3.63) is 35.4 Å². The van der Waals surface area contributed by atoms with Crippen molar-refractivity contribution in [1.29, 1.82) is 0 Å². The molecule has 1 amide bonds. The summed E-state index contributed by atoms with van der Waals surface area (Å²) in [7, 11) is 0. The highest BCUT2D eigenvalue weighted by Crippen LogP contribution is 2.21. The van der Waals surface area contributed by atoms with E-state index in [1.807, 2.05) is 17.0 Å². The molecule has 3 rings (SSSR count). The Kier molecular flexibility index (Phi) is 5.65. The molecule has 0 saturated carbocycles. The van der Waals surface area contributed by atoms with Crippen LogP contribution in [0.1, 0.15) is 24.0 Å². The number of benzene rings is 1. The zero-order valence-corrected chi connectivity index (χ0v) is 13.6. The Morgan fingerprint density at radius 3 is 2.26 bits per heavy atom. The maximum atomic E-state index is 12.5. The number of carbonyl (C=O) groups excluding carboxylic acids is 1. The molecule has 23 heavy (non-hydrogen) atoms. The molecule has 1 N–H and O–H groups in total. The smallest absolute Gasteiger partial charge is 0.225 e. The van der Waals surface area contributed by atoms with Crippen molar-refractivity contribution in [2.45, 2.75) is 26.0 Å². The summed E-state index contributed by atoms with van der Waals surface area (Å²) in [6, 6.07) is 8.11. The molecule has 1 aromatic rings. The largest absolute Gasteiger partial charge is 0.392 e. The third kappa shape index (κ3) is 4.31. The Bertz CT molecular complexity index is 504. The Morgan fingerprint density at radius 1 is 1.04 bits per heavy atom. The fourth-order valence-electron chi connectivity index (χ4n) is 3.39. The summed E-state index contributed by atoms with van der Waals surface area (Å²) in [6.07, 6.45) is 1.90. The number of carbonyl (C=O) groups is 1. The first kappa shape index (κ1) is 16.4. The first-order valence-corrected chi connectivity index (χ1v) is 8.54. The lowest BCUT2D eigenvalue weighted by atomic mass is 9.94. The number of likely N-dealkylation sites (tertiary alicyclic amines) is 1. The molecule has 2 heterocycles. The van der Waals surface area contributed by atoms with E-state index in [2.05, 4.69) is 17.0 Å². The van der Waals surface area contributed by atoms with E-state index in [9.17, 15) is 4.79 Å². The van der Waals surface area contributed by atoms with E-state index in [0.717, 1.165) is 51.1 Å². The first-order valence-electron chi connectivity index (χ1n) is 8.54. The molecule has 2 aliphatic heterocycles. The molecule has 5 nitrogen and oxygen atoms in total. The molecule has 0 radical (unpaired) electrons. The lowest BCUT2D eigenvalue weighted by Crippen LogP contribution is -2.46. The van der Waals surface area contributed by atoms with Crippen molar-refractivity contribution in [3.8, 4) is 0 Å². The van der Waals surface area contributed by atoms with E-state index in [1.165, 1.54) is 5.56 Å². The van der Waals surface area contributed by atoms with Crippen LogP contribution in [0.5, 0.6) is 0 Å². The van der Waals surface area contributed by atoms with E-state index in [0.29, 0.717) is 19.1 Å². The van der Waals surface area contributed by atoms with Crippen LogP contribution in [0.15, 0.2) is 24.3 Å². The summed E-state index contributed by atoms with van der Waals surface area (Å²) in [4.78, 5) is 16.9. The van der Waals surface area contributed by atoms with Gasteiger partial charge >= 0.3 is 0 Å². The average Bonchev–Trinajstić information content (AvgIpc) is 2.63. The number of aliphatic hydroxyl groups is 1. The van der Waals surface area contributed by atoms with Crippen molar-refractivity contribution >= 4 is 5.91 Å². The molecule has 0 spiro atoms. The summed E-state index contributed by atoms with van der Waals surface area (Å²) in [5, 5.41) is 9.08. The fourth-order valence-corrected chi connectivity index (χ4v) is 3.39. The van der Waals surface area contributed by atoms with Crippen LogP contribution in [-0.2, 0) is 22.7 Å². The zero-order valence-electron chi connectivity index (χ0n) is 13.6. The number of rotatable bonds is 4. The minimum atomic E-state index is 0.0926. The number of amides is 1.